The zero-order valence-electron chi connectivity index (χ0n) is 14.6. The van der Waals surface area contributed by atoms with Gasteiger partial charge in [-0.25, -0.2) is 4.79 Å². The van der Waals surface area contributed by atoms with Crippen LogP contribution in [0.5, 0.6) is 11.5 Å². The molecule has 138 valence electrons. The number of furan rings is 1. The standard InChI is InChI=1S/C20H17NO6/c1-2-24-20(23)19-18(13-5-3-4-6-14(13)27-19)21-17(22)10-12-7-8-15-16(9-12)26-11-25-15/h3-9H,2,10-11H2,1H3,(H,21,22). The molecule has 0 radical (unpaired) electrons. The Bertz CT molecular complexity index is 1020. The molecule has 0 bridgehead atoms. The maximum absolute atomic E-state index is 12.6. The Balaban J connectivity index is 1.59. The molecule has 7 nitrogen and oxygen atoms in total. The number of hydrogen-bond donors (Lipinski definition) is 1. The third-order valence-electron chi connectivity index (χ3n) is 4.12. The van der Waals surface area contributed by atoms with Crippen LogP contribution in [0, 0.1) is 0 Å². The van der Waals surface area contributed by atoms with E-state index in [9.17, 15) is 9.59 Å². The summed E-state index contributed by atoms with van der Waals surface area (Å²) in [6, 6.07) is 12.4. The molecule has 2 aromatic carbocycles. The first-order valence-electron chi connectivity index (χ1n) is 8.52. The van der Waals surface area contributed by atoms with Crippen LogP contribution in [0.4, 0.5) is 5.69 Å². The molecule has 0 unspecified atom stereocenters. The van der Waals surface area contributed by atoms with Crippen LogP contribution >= 0.6 is 0 Å². The van der Waals surface area contributed by atoms with Crippen molar-refractivity contribution in [3.8, 4) is 11.5 Å². The minimum Gasteiger partial charge on any atom is -0.460 e. The highest BCUT2D eigenvalue weighted by molar-refractivity contribution is 6.09. The fraction of sp³-hybridized carbons (Fsp3) is 0.200. The summed E-state index contributed by atoms with van der Waals surface area (Å²) in [7, 11) is 0. The lowest BCUT2D eigenvalue weighted by atomic mass is 10.1. The molecule has 0 fully saturated rings. The summed E-state index contributed by atoms with van der Waals surface area (Å²) >= 11 is 0. The Hall–Kier alpha value is -3.48. The van der Waals surface area contributed by atoms with E-state index < -0.39 is 5.97 Å². The van der Waals surface area contributed by atoms with Crippen molar-refractivity contribution in [3.63, 3.8) is 0 Å². The summed E-state index contributed by atoms with van der Waals surface area (Å²) in [5.41, 5.74) is 1.58. The molecule has 27 heavy (non-hydrogen) atoms. The van der Waals surface area contributed by atoms with Crippen molar-refractivity contribution in [2.75, 3.05) is 18.7 Å². The average Bonchev–Trinajstić information content (AvgIpc) is 3.26. The zero-order valence-corrected chi connectivity index (χ0v) is 14.6. The van der Waals surface area contributed by atoms with Gasteiger partial charge in [-0.2, -0.15) is 0 Å². The molecule has 0 aliphatic carbocycles. The van der Waals surface area contributed by atoms with Crippen LogP contribution in [0.25, 0.3) is 11.0 Å². The SMILES string of the molecule is CCOC(=O)c1oc2ccccc2c1NC(=O)Cc1ccc2c(c1)OCO2. The lowest BCUT2D eigenvalue weighted by molar-refractivity contribution is -0.115. The minimum absolute atomic E-state index is 0.0166. The van der Waals surface area contributed by atoms with Crippen LogP contribution in [-0.4, -0.2) is 25.3 Å². The first-order valence-corrected chi connectivity index (χ1v) is 8.52. The highest BCUT2D eigenvalue weighted by atomic mass is 16.7. The van der Waals surface area contributed by atoms with Gasteiger partial charge < -0.3 is 23.9 Å². The van der Waals surface area contributed by atoms with Crippen LogP contribution < -0.4 is 14.8 Å². The average molecular weight is 367 g/mol. The maximum atomic E-state index is 12.6. The topological polar surface area (TPSA) is 87.0 Å². The Morgan fingerprint density at radius 3 is 2.78 bits per heavy atom. The van der Waals surface area contributed by atoms with Crippen molar-refractivity contribution >= 4 is 28.5 Å². The number of fused-ring (bicyclic) bond motifs is 2. The summed E-state index contributed by atoms with van der Waals surface area (Å²) in [6.45, 7) is 2.09. The van der Waals surface area contributed by atoms with Crippen molar-refractivity contribution in [1.29, 1.82) is 0 Å². The number of anilines is 1. The smallest absolute Gasteiger partial charge is 0.376 e. The van der Waals surface area contributed by atoms with Gasteiger partial charge in [0.25, 0.3) is 0 Å². The fourth-order valence-corrected chi connectivity index (χ4v) is 2.93. The molecule has 0 atom stereocenters. The first kappa shape index (κ1) is 17.0. The van der Waals surface area contributed by atoms with Crippen LogP contribution in [0.3, 0.4) is 0 Å². The van der Waals surface area contributed by atoms with Gasteiger partial charge in [0.1, 0.15) is 11.3 Å². The molecule has 2 heterocycles. The third kappa shape index (κ3) is 3.31. The Kier molecular flexibility index (Phi) is 4.42. The van der Waals surface area contributed by atoms with Crippen molar-refractivity contribution in [2.24, 2.45) is 0 Å². The lowest BCUT2D eigenvalue weighted by Gasteiger charge is -2.07. The van der Waals surface area contributed by atoms with Crippen molar-refractivity contribution in [2.45, 2.75) is 13.3 Å². The van der Waals surface area contributed by atoms with Crippen LogP contribution in [-0.2, 0) is 16.0 Å². The summed E-state index contributed by atoms with van der Waals surface area (Å²) in [5, 5.41) is 3.42. The largest absolute Gasteiger partial charge is 0.460 e. The van der Waals surface area contributed by atoms with Gasteiger partial charge in [-0.15, -0.1) is 0 Å². The Morgan fingerprint density at radius 2 is 1.93 bits per heavy atom. The number of para-hydroxylation sites is 1. The second kappa shape index (κ2) is 7.03. The summed E-state index contributed by atoms with van der Waals surface area (Å²) < 4.78 is 21.2. The predicted octanol–water partition coefficient (Wildman–Crippen LogP) is 3.52. The molecule has 1 aliphatic rings. The molecule has 0 spiro atoms. The molecular formula is C20H17NO6. The van der Waals surface area contributed by atoms with Gasteiger partial charge in [0.05, 0.1) is 13.0 Å². The molecule has 7 heteroatoms. The number of nitrogens with one attached hydrogen (secondary N) is 1. The van der Waals surface area contributed by atoms with E-state index >= 15 is 0 Å². The van der Waals surface area contributed by atoms with Crippen LogP contribution in [0.15, 0.2) is 46.9 Å². The van der Waals surface area contributed by atoms with Crippen molar-refractivity contribution < 1.29 is 28.2 Å². The third-order valence-corrected chi connectivity index (χ3v) is 4.12. The number of carbonyl (C=O) groups excluding carboxylic acids is 2. The zero-order chi connectivity index (χ0) is 18.8. The van der Waals surface area contributed by atoms with E-state index in [1.165, 1.54) is 0 Å². The molecule has 0 saturated carbocycles. The molecule has 4 rings (SSSR count). The van der Waals surface area contributed by atoms with Crippen LogP contribution in [0.2, 0.25) is 0 Å². The number of carbonyl (C=O) groups is 2. The van der Waals surface area contributed by atoms with Gasteiger partial charge in [0.2, 0.25) is 18.5 Å². The van der Waals surface area contributed by atoms with Gasteiger partial charge in [-0.05, 0) is 36.8 Å². The highest BCUT2D eigenvalue weighted by Gasteiger charge is 2.23. The highest BCUT2D eigenvalue weighted by Crippen LogP contribution is 2.34. The van der Waals surface area contributed by atoms with E-state index in [1.54, 1.807) is 49.4 Å². The number of ether oxygens (including phenoxy) is 3. The van der Waals surface area contributed by atoms with E-state index in [1.807, 2.05) is 0 Å². The van der Waals surface area contributed by atoms with Crippen molar-refractivity contribution in [1.82, 2.24) is 0 Å². The minimum atomic E-state index is -0.618. The van der Waals surface area contributed by atoms with E-state index in [2.05, 4.69) is 5.32 Å². The van der Waals surface area contributed by atoms with Gasteiger partial charge >= 0.3 is 5.97 Å². The Labute approximate surface area is 154 Å². The van der Waals surface area contributed by atoms with E-state index in [4.69, 9.17) is 18.6 Å². The number of benzene rings is 2. The second-order valence-corrected chi connectivity index (χ2v) is 5.94. The molecule has 0 saturated heterocycles. The summed E-state index contributed by atoms with van der Waals surface area (Å²) in [4.78, 5) is 24.8. The second-order valence-electron chi connectivity index (χ2n) is 5.94. The first-order chi connectivity index (χ1) is 13.2. The quantitative estimate of drug-likeness (QED) is 0.695. The number of hydrogen-bond acceptors (Lipinski definition) is 6. The Morgan fingerprint density at radius 1 is 1.11 bits per heavy atom. The van der Waals surface area contributed by atoms with Crippen molar-refractivity contribution in [3.05, 3.63) is 53.8 Å². The van der Waals surface area contributed by atoms with Gasteiger partial charge in [-0.3, -0.25) is 4.79 Å². The molecule has 1 aliphatic heterocycles. The van der Waals surface area contributed by atoms with Gasteiger partial charge in [-0.1, -0.05) is 18.2 Å². The van der Waals surface area contributed by atoms with Gasteiger partial charge in [0.15, 0.2) is 11.5 Å². The number of esters is 1. The molecule has 3 aromatic rings. The van der Waals surface area contributed by atoms with Gasteiger partial charge in [0, 0.05) is 5.39 Å². The fourth-order valence-electron chi connectivity index (χ4n) is 2.93. The number of amides is 1. The number of rotatable bonds is 5. The lowest BCUT2D eigenvalue weighted by Crippen LogP contribution is -2.16. The molecule has 1 aromatic heterocycles. The normalized spacial score (nSPS) is 12.2. The van der Waals surface area contributed by atoms with E-state index in [-0.39, 0.29) is 31.5 Å². The summed E-state index contributed by atoms with van der Waals surface area (Å²) in [6.07, 6.45) is 0.110. The predicted molar refractivity (Wildman–Crippen MR) is 97.1 cm³/mol. The molecule has 1 N–H and O–H groups in total. The maximum Gasteiger partial charge on any atom is 0.376 e. The monoisotopic (exact) mass is 367 g/mol. The van der Waals surface area contributed by atoms with E-state index in [0.29, 0.717) is 28.2 Å². The summed E-state index contributed by atoms with van der Waals surface area (Å²) in [5.74, 6) is 0.348. The molecule has 1 amide bonds. The van der Waals surface area contributed by atoms with E-state index in [0.717, 1.165) is 5.56 Å². The molecular weight excluding hydrogens is 350 g/mol. The van der Waals surface area contributed by atoms with Crippen LogP contribution in [0.1, 0.15) is 23.0 Å².